The van der Waals surface area contributed by atoms with Crippen LogP contribution in [0.4, 0.5) is 10.1 Å². The van der Waals surface area contributed by atoms with Crippen LogP contribution in [0, 0.1) is 25.1 Å². The number of piperidine rings is 1. The molecule has 5 heteroatoms. The van der Waals surface area contributed by atoms with Crippen LogP contribution >= 0.6 is 0 Å². The van der Waals surface area contributed by atoms with Crippen LogP contribution in [0.1, 0.15) is 72.0 Å². The standard InChI is InChI=1S/C31H36FN3O/c1-6-27-20(2)33-21(3)28(29(27)34-15-13-31(4,5)14-16-34)23-7-8-24-18-35(19-25(24)17-23)30(36)22-9-11-26(32)12-10-22/h7-12,17H,6,13-16,18-19H2,1-5H3. The fourth-order valence-electron chi connectivity index (χ4n) is 5.79. The molecule has 0 N–H and O–H groups in total. The van der Waals surface area contributed by atoms with Gasteiger partial charge in [-0.3, -0.25) is 9.78 Å². The second-order valence-corrected chi connectivity index (χ2v) is 11.1. The van der Waals surface area contributed by atoms with Crippen molar-refractivity contribution in [1.82, 2.24) is 9.88 Å². The number of aryl methyl sites for hydroxylation is 2. The van der Waals surface area contributed by atoms with E-state index in [0.717, 1.165) is 30.9 Å². The summed E-state index contributed by atoms with van der Waals surface area (Å²) < 4.78 is 13.3. The molecule has 188 valence electrons. The number of carbonyl (C=O) groups is 1. The van der Waals surface area contributed by atoms with Gasteiger partial charge >= 0.3 is 0 Å². The van der Waals surface area contributed by atoms with Crippen LogP contribution in [0.15, 0.2) is 42.5 Å². The van der Waals surface area contributed by atoms with Gasteiger partial charge in [-0.05, 0) is 91.1 Å². The number of fused-ring (bicyclic) bond motifs is 1. The minimum atomic E-state index is -0.331. The molecular formula is C31H36FN3O. The lowest BCUT2D eigenvalue weighted by Gasteiger charge is -2.40. The van der Waals surface area contributed by atoms with E-state index in [1.54, 1.807) is 12.1 Å². The van der Waals surface area contributed by atoms with Crippen LogP contribution in [0.3, 0.4) is 0 Å². The van der Waals surface area contributed by atoms with Crippen molar-refractivity contribution < 1.29 is 9.18 Å². The summed E-state index contributed by atoms with van der Waals surface area (Å²) in [5.41, 5.74) is 10.5. The first-order valence-electron chi connectivity index (χ1n) is 13.1. The molecule has 5 rings (SSSR count). The molecule has 3 heterocycles. The minimum absolute atomic E-state index is 0.0641. The second-order valence-electron chi connectivity index (χ2n) is 11.1. The molecule has 4 nitrogen and oxygen atoms in total. The third-order valence-corrected chi connectivity index (χ3v) is 8.04. The number of hydrogen-bond donors (Lipinski definition) is 0. The first-order chi connectivity index (χ1) is 17.2. The van der Waals surface area contributed by atoms with E-state index < -0.39 is 0 Å². The van der Waals surface area contributed by atoms with E-state index >= 15 is 0 Å². The maximum absolute atomic E-state index is 13.3. The smallest absolute Gasteiger partial charge is 0.254 e. The zero-order chi connectivity index (χ0) is 25.6. The van der Waals surface area contributed by atoms with Crippen molar-refractivity contribution in [2.24, 2.45) is 5.41 Å². The van der Waals surface area contributed by atoms with Gasteiger partial charge in [-0.1, -0.05) is 32.9 Å². The van der Waals surface area contributed by atoms with E-state index in [9.17, 15) is 9.18 Å². The van der Waals surface area contributed by atoms with Gasteiger partial charge in [0.15, 0.2) is 0 Å². The Hall–Kier alpha value is -3.21. The number of aromatic nitrogens is 1. The number of benzene rings is 2. The fourth-order valence-corrected chi connectivity index (χ4v) is 5.79. The predicted molar refractivity (Wildman–Crippen MR) is 144 cm³/mol. The summed E-state index contributed by atoms with van der Waals surface area (Å²) in [5, 5.41) is 0. The Morgan fingerprint density at radius 1 is 0.972 bits per heavy atom. The Bertz CT molecular complexity index is 1300. The third kappa shape index (κ3) is 4.52. The molecule has 0 saturated carbocycles. The molecule has 1 aromatic heterocycles. The van der Waals surface area contributed by atoms with Gasteiger partial charge in [0.2, 0.25) is 0 Å². The van der Waals surface area contributed by atoms with Gasteiger partial charge in [0.05, 0.1) is 5.69 Å². The van der Waals surface area contributed by atoms with Crippen LogP contribution in [0.2, 0.25) is 0 Å². The average Bonchev–Trinajstić information content (AvgIpc) is 3.27. The van der Waals surface area contributed by atoms with Gasteiger partial charge in [0.1, 0.15) is 5.82 Å². The van der Waals surface area contributed by atoms with Crippen molar-refractivity contribution in [2.45, 2.75) is 67.0 Å². The summed E-state index contributed by atoms with van der Waals surface area (Å²) in [7, 11) is 0. The average molecular weight is 486 g/mol. The van der Waals surface area contributed by atoms with Gasteiger partial charge in [-0.2, -0.15) is 0 Å². The van der Waals surface area contributed by atoms with Crippen LogP contribution < -0.4 is 4.90 Å². The SMILES string of the molecule is CCc1c(C)nc(C)c(-c2ccc3c(c2)CN(C(=O)c2ccc(F)cc2)C3)c1N1CCC(C)(C)CC1. The molecule has 0 aliphatic carbocycles. The van der Waals surface area contributed by atoms with Crippen LogP contribution in [0.25, 0.3) is 11.1 Å². The van der Waals surface area contributed by atoms with Crippen molar-refractivity contribution in [3.63, 3.8) is 0 Å². The highest BCUT2D eigenvalue weighted by molar-refractivity contribution is 5.94. The quantitative estimate of drug-likeness (QED) is 0.405. The van der Waals surface area contributed by atoms with Gasteiger partial charge < -0.3 is 9.80 Å². The highest BCUT2D eigenvalue weighted by Crippen LogP contribution is 2.42. The Labute approximate surface area is 214 Å². The van der Waals surface area contributed by atoms with Gasteiger partial charge in [-0.25, -0.2) is 4.39 Å². The van der Waals surface area contributed by atoms with Crippen molar-refractivity contribution in [3.05, 3.63) is 81.9 Å². The molecule has 36 heavy (non-hydrogen) atoms. The zero-order valence-corrected chi connectivity index (χ0v) is 22.1. The molecule has 1 fully saturated rings. The lowest BCUT2D eigenvalue weighted by atomic mass is 9.82. The van der Waals surface area contributed by atoms with E-state index in [2.05, 4.69) is 57.7 Å². The molecule has 2 aromatic carbocycles. The molecule has 2 aliphatic heterocycles. The van der Waals surface area contributed by atoms with Crippen molar-refractivity contribution in [1.29, 1.82) is 0 Å². The molecule has 2 aliphatic rings. The molecule has 3 aromatic rings. The molecule has 0 bridgehead atoms. The lowest BCUT2D eigenvalue weighted by molar-refractivity contribution is 0.0751. The molecule has 1 amide bonds. The Morgan fingerprint density at radius 2 is 1.64 bits per heavy atom. The summed E-state index contributed by atoms with van der Waals surface area (Å²) in [5.74, 6) is -0.395. The van der Waals surface area contributed by atoms with E-state index in [1.165, 1.54) is 58.5 Å². The third-order valence-electron chi connectivity index (χ3n) is 8.04. The number of hydrogen-bond acceptors (Lipinski definition) is 3. The highest BCUT2D eigenvalue weighted by Gasteiger charge is 2.30. The number of rotatable bonds is 4. The van der Waals surface area contributed by atoms with Crippen molar-refractivity contribution in [2.75, 3.05) is 18.0 Å². The zero-order valence-electron chi connectivity index (χ0n) is 22.1. The number of pyridine rings is 1. The molecule has 1 saturated heterocycles. The number of nitrogens with zero attached hydrogens (tertiary/aromatic N) is 3. The van der Waals surface area contributed by atoms with Crippen LogP contribution in [-0.4, -0.2) is 28.9 Å². The Kier molecular flexibility index (Phi) is 6.36. The van der Waals surface area contributed by atoms with Gasteiger partial charge in [-0.15, -0.1) is 0 Å². The number of carbonyl (C=O) groups excluding carboxylic acids is 1. The second kappa shape index (κ2) is 9.34. The number of amides is 1. The van der Waals surface area contributed by atoms with E-state index in [4.69, 9.17) is 4.98 Å². The Balaban J connectivity index is 1.50. The number of halogens is 1. The summed E-state index contributed by atoms with van der Waals surface area (Å²) >= 11 is 0. The highest BCUT2D eigenvalue weighted by atomic mass is 19.1. The summed E-state index contributed by atoms with van der Waals surface area (Å²) in [4.78, 5) is 22.4. The lowest BCUT2D eigenvalue weighted by Crippen LogP contribution is -2.38. The monoisotopic (exact) mass is 485 g/mol. The van der Waals surface area contributed by atoms with Gasteiger partial charge in [0, 0.05) is 48.7 Å². The molecular weight excluding hydrogens is 449 g/mol. The summed E-state index contributed by atoms with van der Waals surface area (Å²) in [6.07, 6.45) is 3.31. The summed E-state index contributed by atoms with van der Waals surface area (Å²) in [6.45, 7) is 14.5. The fraction of sp³-hybridized carbons (Fsp3) is 0.419. The van der Waals surface area contributed by atoms with Crippen molar-refractivity contribution in [3.8, 4) is 11.1 Å². The number of anilines is 1. The van der Waals surface area contributed by atoms with Gasteiger partial charge in [0.25, 0.3) is 5.91 Å². The maximum Gasteiger partial charge on any atom is 0.254 e. The largest absolute Gasteiger partial charge is 0.371 e. The predicted octanol–water partition coefficient (Wildman–Crippen LogP) is 6.85. The van der Waals surface area contributed by atoms with Crippen LogP contribution in [0.5, 0.6) is 0 Å². The first-order valence-corrected chi connectivity index (χ1v) is 13.1. The topological polar surface area (TPSA) is 36.4 Å². The van der Waals surface area contributed by atoms with Crippen molar-refractivity contribution >= 4 is 11.6 Å². The van der Waals surface area contributed by atoms with Crippen LogP contribution in [-0.2, 0) is 19.5 Å². The molecule has 0 atom stereocenters. The van der Waals surface area contributed by atoms with E-state index in [-0.39, 0.29) is 11.7 Å². The van der Waals surface area contributed by atoms with E-state index in [0.29, 0.717) is 24.1 Å². The molecule has 0 radical (unpaired) electrons. The normalized spacial score (nSPS) is 16.8. The minimum Gasteiger partial charge on any atom is -0.371 e. The Morgan fingerprint density at radius 3 is 2.31 bits per heavy atom. The summed E-state index contributed by atoms with van der Waals surface area (Å²) in [6, 6.07) is 12.4. The van der Waals surface area contributed by atoms with E-state index in [1.807, 2.05) is 4.90 Å². The maximum atomic E-state index is 13.3. The molecule has 0 unspecified atom stereocenters. The first kappa shape index (κ1) is 24.5. The molecule has 0 spiro atoms.